The Balaban J connectivity index is 1.96. The summed E-state index contributed by atoms with van der Waals surface area (Å²) in [5.74, 6) is 0.475. The van der Waals surface area contributed by atoms with E-state index in [-0.39, 0.29) is 11.8 Å². The number of hydrogen-bond acceptors (Lipinski definition) is 2. The van der Waals surface area contributed by atoms with E-state index < -0.39 is 5.97 Å². The van der Waals surface area contributed by atoms with Crippen LogP contribution in [0.25, 0.3) is 11.0 Å². The third-order valence-electron chi connectivity index (χ3n) is 4.66. The second-order valence-corrected chi connectivity index (χ2v) is 5.83. The minimum atomic E-state index is -0.690. The van der Waals surface area contributed by atoms with Crippen LogP contribution in [-0.2, 0) is 4.79 Å². The smallest absolute Gasteiger partial charge is 0.307 e. The van der Waals surface area contributed by atoms with Gasteiger partial charge in [-0.1, -0.05) is 31.5 Å². The van der Waals surface area contributed by atoms with E-state index in [1.807, 2.05) is 30.3 Å². The van der Waals surface area contributed by atoms with Crippen molar-refractivity contribution < 1.29 is 14.3 Å². The number of hydrogen-bond donors (Lipinski definition) is 1. The standard InChI is InChI=1S/C17H20O3/c1-2-11-7-8-13(17(18)19)14(9-11)16-10-12-5-3-4-6-15(12)20-16/h3-6,10-11,13-14H,2,7-9H2,1H3,(H,18,19). The van der Waals surface area contributed by atoms with Gasteiger partial charge in [-0.05, 0) is 37.3 Å². The van der Waals surface area contributed by atoms with Gasteiger partial charge >= 0.3 is 5.97 Å². The molecule has 1 aromatic carbocycles. The molecule has 0 radical (unpaired) electrons. The van der Waals surface area contributed by atoms with E-state index in [0.717, 1.165) is 42.4 Å². The molecule has 3 atom stereocenters. The Hall–Kier alpha value is -1.77. The van der Waals surface area contributed by atoms with Crippen LogP contribution in [0, 0.1) is 11.8 Å². The number of aliphatic carboxylic acids is 1. The summed E-state index contributed by atoms with van der Waals surface area (Å²) in [5, 5.41) is 10.5. The third-order valence-corrected chi connectivity index (χ3v) is 4.66. The van der Waals surface area contributed by atoms with Gasteiger partial charge in [-0.3, -0.25) is 4.79 Å². The molecule has 0 aliphatic heterocycles. The van der Waals surface area contributed by atoms with Crippen molar-refractivity contribution in [3.63, 3.8) is 0 Å². The number of rotatable bonds is 3. The van der Waals surface area contributed by atoms with Crippen LogP contribution in [0.15, 0.2) is 34.7 Å². The molecular weight excluding hydrogens is 252 g/mol. The van der Waals surface area contributed by atoms with Crippen LogP contribution < -0.4 is 0 Å². The average Bonchev–Trinajstić information content (AvgIpc) is 2.90. The molecule has 20 heavy (non-hydrogen) atoms. The van der Waals surface area contributed by atoms with Crippen molar-refractivity contribution in [3.05, 3.63) is 36.1 Å². The molecule has 0 spiro atoms. The lowest BCUT2D eigenvalue weighted by molar-refractivity contribution is -0.144. The van der Waals surface area contributed by atoms with Crippen molar-refractivity contribution in [1.29, 1.82) is 0 Å². The molecule has 3 heteroatoms. The summed E-state index contributed by atoms with van der Waals surface area (Å²) in [6.07, 6.45) is 3.82. The number of benzene rings is 1. The van der Waals surface area contributed by atoms with Crippen molar-refractivity contribution in [2.75, 3.05) is 0 Å². The van der Waals surface area contributed by atoms with Gasteiger partial charge in [-0.2, -0.15) is 0 Å². The molecule has 2 aromatic rings. The van der Waals surface area contributed by atoms with Gasteiger partial charge in [-0.25, -0.2) is 0 Å². The lowest BCUT2D eigenvalue weighted by Crippen LogP contribution is -2.28. The maximum Gasteiger partial charge on any atom is 0.307 e. The van der Waals surface area contributed by atoms with Gasteiger partial charge in [0.25, 0.3) is 0 Å². The Labute approximate surface area is 118 Å². The largest absolute Gasteiger partial charge is 0.481 e. The van der Waals surface area contributed by atoms with Gasteiger partial charge in [-0.15, -0.1) is 0 Å². The number of para-hydroxylation sites is 1. The van der Waals surface area contributed by atoms with E-state index in [1.165, 1.54) is 0 Å². The molecule has 1 aromatic heterocycles. The Morgan fingerprint density at radius 1 is 1.35 bits per heavy atom. The first kappa shape index (κ1) is 13.2. The Kier molecular flexibility index (Phi) is 3.51. The summed E-state index contributed by atoms with van der Waals surface area (Å²) < 4.78 is 5.92. The molecule has 0 saturated heterocycles. The molecule has 1 saturated carbocycles. The van der Waals surface area contributed by atoms with Gasteiger partial charge in [0, 0.05) is 11.3 Å². The monoisotopic (exact) mass is 272 g/mol. The Morgan fingerprint density at radius 3 is 2.85 bits per heavy atom. The second-order valence-electron chi connectivity index (χ2n) is 5.83. The van der Waals surface area contributed by atoms with Crippen LogP contribution in [0.2, 0.25) is 0 Å². The normalized spacial score (nSPS) is 26.8. The average molecular weight is 272 g/mol. The van der Waals surface area contributed by atoms with Crippen LogP contribution >= 0.6 is 0 Å². The highest BCUT2D eigenvalue weighted by Gasteiger charge is 2.37. The van der Waals surface area contributed by atoms with E-state index in [2.05, 4.69) is 6.92 Å². The zero-order valence-corrected chi connectivity index (χ0v) is 11.7. The predicted octanol–water partition coefficient (Wildman–Crippen LogP) is 4.43. The van der Waals surface area contributed by atoms with E-state index in [1.54, 1.807) is 0 Å². The summed E-state index contributed by atoms with van der Waals surface area (Å²) in [6, 6.07) is 9.90. The lowest BCUT2D eigenvalue weighted by Gasteiger charge is -2.32. The highest BCUT2D eigenvalue weighted by Crippen LogP contribution is 2.43. The van der Waals surface area contributed by atoms with Crippen molar-refractivity contribution in [2.24, 2.45) is 11.8 Å². The van der Waals surface area contributed by atoms with Gasteiger partial charge in [0.15, 0.2) is 0 Å². The summed E-state index contributed by atoms with van der Waals surface area (Å²) in [7, 11) is 0. The number of carbonyl (C=O) groups is 1. The summed E-state index contributed by atoms with van der Waals surface area (Å²) >= 11 is 0. The number of carboxylic acids is 1. The molecule has 3 rings (SSSR count). The maximum absolute atomic E-state index is 11.5. The minimum Gasteiger partial charge on any atom is -0.481 e. The Morgan fingerprint density at radius 2 is 2.15 bits per heavy atom. The van der Waals surface area contributed by atoms with Gasteiger partial charge in [0.1, 0.15) is 11.3 Å². The fourth-order valence-corrected chi connectivity index (χ4v) is 3.42. The number of carboxylic acid groups (broad SMARTS) is 1. The maximum atomic E-state index is 11.5. The van der Waals surface area contributed by atoms with E-state index in [9.17, 15) is 9.90 Å². The Bertz CT molecular complexity index is 580. The van der Waals surface area contributed by atoms with Crippen LogP contribution in [0.1, 0.15) is 44.3 Å². The molecular formula is C17H20O3. The molecule has 1 fully saturated rings. The van der Waals surface area contributed by atoms with E-state index >= 15 is 0 Å². The number of furan rings is 1. The van der Waals surface area contributed by atoms with Crippen LogP contribution in [0.3, 0.4) is 0 Å². The molecule has 0 bridgehead atoms. The third kappa shape index (κ3) is 2.33. The highest BCUT2D eigenvalue weighted by molar-refractivity contribution is 5.78. The van der Waals surface area contributed by atoms with Crippen molar-refractivity contribution in [2.45, 2.75) is 38.5 Å². The fourth-order valence-electron chi connectivity index (χ4n) is 3.42. The van der Waals surface area contributed by atoms with Crippen LogP contribution in [-0.4, -0.2) is 11.1 Å². The molecule has 3 unspecified atom stereocenters. The van der Waals surface area contributed by atoms with Gasteiger partial charge < -0.3 is 9.52 Å². The topological polar surface area (TPSA) is 50.4 Å². The quantitative estimate of drug-likeness (QED) is 0.899. The molecule has 3 nitrogen and oxygen atoms in total. The molecule has 1 heterocycles. The summed E-state index contributed by atoms with van der Waals surface area (Å²) in [5.41, 5.74) is 0.852. The van der Waals surface area contributed by atoms with Crippen molar-refractivity contribution >= 4 is 16.9 Å². The van der Waals surface area contributed by atoms with Crippen molar-refractivity contribution in [1.82, 2.24) is 0 Å². The van der Waals surface area contributed by atoms with Gasteiger partial charge in [0.2, 0.25) is 0 Å². The summed E-state index contributed by atoms with van der Waals surface area (Å²) in [6.45, 7) is 2.18. The first-order valence-electron chi connectivity index (χ1n) is 7.40. The minimum absolute atomic E-state index is 0.0126. The second kappa shape index (κ2) is 5.31. The van der Waals surface area contributed by atoms with E-state index in [0.29, 0.717) is 5.92 Å². The highest BCUT2D eigenvalue weighted by atomic mass is 16.4. The molecule has 1 aliphatic rings. The zero-order valence-electron chi connectivity index (χ0n) is 11.7. The summed E-state index contributed by atoms with van der Waals surface area (Å²) in [4.78, 5) is 11.5. The van der Waals surface area contributed by atoms with Crippen molar-refractivity contribution in [3.8, 4) is 0 Å². The fraction of sp³-hybridized carbons (Fsp3) is 0.471. The van der Waals surface area contributed by atoms with E-state index in [4.69, 9.17) is 4.42 Å². The molecule has 1 aliphatic carbocycles. The SMILES string of the molecule is CCC1CCC(C(=O)O)C(c2cc3ccccc3o2)C1. The lowest BCUT2D eigenvalue weighted by atomic mass is 9.72. The zero-order chi connectivity index (χ0) is 14.1. The first-order chi connectivity index (χ1) is 9.69. The number of fused-ring (bicyclic) bond motifs is 1. The first-order valence-corrected chi connectivity index (χ1v) is 7.40. The molecule has 0 amide bonds. The van der Waals surface area contributed by atoms with Crippen LogP contribution in [0.5, 0.6) is 0 Å². The van der Waals surface area contributed by atoms with Gasteiger partial charge in [0.05, 0.1) is 5.92 Å². The predicted molar refractivity (Wildman–Crippen MR) is 77.7 cm³/mol. The van der Waals surface area contributed by atoms with Crippen LogP contribution in [0.4, 0.5) is 0 Å². The molecule has 1 N–H and O–H groups in total. The molecule has 106 valence electrons.